The molecule has 0 aromatic heterocycles. The third-order valence-electron chi connectivity index (χ3n) is 2.44. The van der Waals surface area contributed by atoms with Gasteiger partial charge in [-0.1, -0.05) is 42.5 Å². The first kappa shape index (κ1) is 12.4. The summed E-state index contributed by atoms with van der Waals surface area (Å²) in [7, 11) is -1.56. The lowest BCUT2D eigenvalue weighted by molar-refractivity contribution is 0.337. The molecule has 0 atom stereocenters. The van der Waals surface area contributed by atoms with Crippen molar-refractivity contribution in [2.45, 2.75) is 0 Å². The maximum Gasteiger partial charge on any atom is 0.413 e. The van der Waals surface area contributed by atoms with E-state index in [1.807, 2.05) is 18.2 Å². The number of rotatable bonds is 1. The maximum atomic E-state index is 5.70. The van der Waals surface area contributed by atoms with Gasteiger partial charge in [-0.25, -0.2) is 0 Å². The van der Waals surface area contributed by atoms with Crippen molar-refractivity contribution in [2.75, 3.05) is 0 Å². The lowest BCUT2D eigenvalue weighted by Gasteiger charge is -2.18. The standard InChI is InChI=1S/C10H7O4Si4/c1-2-6-9-8(4-1)5-3-7-10(9)18-13-16-11-15-12-17-14-18/h1-7H. The second kappa shape index (κ2) is 6.03. The van der Waals surface area contributed by atoms with Crippen LogP contribution in [0.25, 0.3) is 10.8 Å². The van der Waals surface area contributed by atoms with Gasteiger partial charge in [0.25, 0.3) is 0 Å². The van der Waals surface area contributed by atoms with Crippen LogP contribution in [0.2, 0.25) is 0 Å². The van der Waals surface area contributed by atoms with Gasteiger partial charge in [-0.15, -0.1) is 0 Å². The molecule has 8 heteroatoms. The topological polar surface area (TPSA) is 36.9 Å². The molecule has 0 bridgehead atoms. The minimum Gasteiger partial charge on any atom is -0.412 e. The van der Waals surface area contributed by atoms with Gasteiger partial charge in [-0.05, 0) is 10.8 Å². The molecule has 1 heterocycles. The summed E-state index contributed by atoms with van der Waals surface area (Å²) in [4.78, 5) is 0. The molecular formula is C10H7O4Si4. The average molecular weight is 304 g/mol. The summed E-state index contributed by atoms with van der Waals surface area (Å²) < 4.78 is 21.8. The molecule has 0 unspecified atom stereocenters. The van der Waals surface area contributed by atoms with Crippen molar-refractivity contribution in [3.8, 4) is 0 Å². The highest BCUT2D eigenvalue weighted by molar-refractivity contribution is 6.72. The number of hydrogen-bond acceptors (Lipinski definition) is 4. The van der Waals surface area contributed by atoms with Crippen LogP contribution in [0, 0.1) is 0 Å². The van der Waals surface area contributed by atoms with Crippen molar-refractivity contribution in [3.05, 3.63) is 42.5 Å². The van der Waals surface area contributed by atoms with E-state index in [1.165, 1.54) is 10.8 Å². The van der Waals surface area contributed by atoms with E-state index in [0.717, 1.165) is 5.19 Å². The Morgan fingerprint density at radius 3 is 2.33 bits per heavy atom. The van der Waals surface area contributed by atoms with Gasteiger partial charge in [0.05, 0.1) is 0 Å². The Labute approximate surface area is 114 Å². The van der Waals surface area contributed by atoms with E-state index in [1.54, 1.807) is 0 Å². The van der Waals surface area contributed by atoms with E-state index < -0.39 is 9.28 Å². The van der Waals surface area contributed by atoms with Crippen molar-refractivity contribution >= 4 is 55.3 Å². The highest BCUT2D eigenvalue weighted by Crippen LogP contribution is 2.12. The number of benzene rings is 2. The van der Waals surface area contributed by atoms with E-state index >= 15 is 0 Å². The molecule has 7 radical (unpaired) electrons. The van der Waals surface area contributed by atoms with Gasteiger partial charge in [-0.3, -0.25) is 0 Å². The summed E-state index contributed by atoms with van der Waals surface area (Å²) in [5, 5.41) is 3.47. The van der Waals surface area contributed by atoms with E-state index in [9.17, 15) is 0 Å². The van der Waals surface area contributed by atoms with Crippen LogP contribution >= 0.6 is 0 Å². The van der Waals surface area contributed by atoms with Crippen LogP contribution in [-0.4, -0.2) is 39.3 Å². The molecular weight excluding hydrogens is 296 g/mol. The molecule has 2 aromatic rings. The van der Waals surface area contributed by atoms with Crippen LogP contribution in [0.1, 0.15) is 0 Å². The lowest BCUT2D eigenvalue weighted by Crippen LogP contribution is -2.42. The Balaban J connectivity index is 1.96. The van der Waals surface area contributed by atoms with Gasteiger partial charge in [0.1, 0.15) is 0 Å². The molecule has 0 spiro atoms. The molecule has 2 aromatic carbocycles. The van der Waals surface area contributed by atoms with Gasteiger partial charge in [-0.2, -0.15) is 0 Å². The summed E-state index contributed by atoms with van der Waals surface area (Å²) in [5.41, 5.74) is 0. The zero-order valence-electron chi connectivity index (χ0n) is 9.17. The minimum atomic E-state index is -1.53. The van der Waals surface area contributed by atoms with Gasteiger partial charge in [0.15, 0.2) is 0 Å². The fourth-order valence-electron chi connectivity index (χ4n) is 1.71. The summed E-state index contributed by atoms with van der Waals surface area (Å²) in [6.45, 7) is 0. The fourth-order valence-corrected chi connectivity index (χ4v) is 6.31. The third kappa shape index (κ3) is 2.70. The molecule has 1 aliphatic heterocycles. The van der Waals surface area contributed by atoms with Crippen LogP contribution < -0.4 is 5.19 Å². The van der Waals surface area contributed by atoms with Crippen LogP contribution in [0.4, 0.5) is 0 Å². The highest BCUT2D eigenvalue weighted by Gasteiger charge is 2.24. The fraction of sp³-hybridized carbons (Fsp3) is 0. The lowest BCUT2D eigenvalue weighted by atomic mass is 10.1. The van der Waals surface area contributed by atoms with E-state index in [-0.39, 0.29) is 30.0 Å². The zero-order valence-corrected chi connectivity index (χ0v) is 13.2. The van der Waals surface area contributed by atoms with Crippen LogP contribution in [0.3, 0.4) is 0 Å². The number of fused-ring (bicyclic) bond motifs is 1. The molecule has 0 aliphatic carbocycles. The summed E-state index contributed by atoms with van der Waals surface area (Å²) in [6.07, 6.45) is 0. The van der Waals surface area contributed by atoms with Gasteiger partial charge < -0.3 is 16.5 Å². The Kier molecular flexibility index (Phi) is 4.17. The normalized spacial score (nSPS) is 18.4. The smallest absolute Gasteiger partial charge is 0.412 e. The Hall–Kier alpha value is -0.592. The van der Waals surface area contributed by atoms with Crippen molar-refractivity contribution < 1.29 is 16.5 Å². The first-order valence-corrected chi connectivity index (χ1v) is 8.97. The van der Waals surface area contributed by atoms with Crippen molar-refractivity contribution in [1.29, 1.82) is 0 Å². The molecule has 18 heavy (non-hydrogen) atoms. The summed E-state index contributed by atoms with van der Waals surface area (Å²) >= 11 is 0. The van der Waals surface area contributed by atoms with Gasteiger partial charge in [0, 0.05) is 5.19 Å². The summed E-state index contributed by atoms with van der Waals surface area (Å²) in [6, 6.07) is 14.4. The van der Waals surface area contributed by atoms with E-state index in [4.69, 9.17) is 16.5 Å². The molecule has 0 saturated carbocycles. The molecule has 4 nitrogen and oxygen atoms in total. The van der Waals surface area contributed by atoms with Crippen LogP contribution in [0.15, 0.2) is 42.5 Å². The zero-order chi connectivity index (χ0) is 12.2. The maximum absolute atomic E-state index is 5.70. The first-order chi connectivity index (χ1) is 8.95. The molecule has 3 rings (SSSR count). The quantitative estimate of drug-likeness (QED) is 0.706. The largest absolute Gasteiger partial charge is 0.413 e. The molecule has 0 amide bonds. The Morgan fingerprint density at radius 1 is 0.778 bits per heavy atom. The third-order valence-corrected chi connectivity index (χ3v) is 6.80. The van der Waals surface area contributed by atoms with E-state index in [0.29, 0.717) is 0 Å². The Bertz CT molecular complexity index is 525. The second-order valence-corrected chi connectivity index (χ2v) is 8.35. The molecule has 0 N–H and O–H groups in total. The van der Waals surface area contributed by atoms with E-state index in [2.05, 4.69) is 24.3 Å². The predicted molar refractivity (Wildman–Crippen MR) is 70.9 cm³/mol. The minimum absolute atomic E-state index is 0.00992. The van der Waals surface area contributed by atoms with Crippen molar-refractivity contribution in [3.63, 3.8) is 0 Å². The number of hydrogen-bond donors (Lipinski definition) is 0. The average Bonchev–Trinajstić information content (AvgIpc) is 2.38. The molecule has 1 aliphatic rings. The van der Waals surface area contributed by atoms with Crippen LogP contribution in [0.5, 0.6) is 0 Å². The van der Waals surface area contributed by atoms with Gasteiger partial charge in [0.2, 0.25) is 0 Å². The monoisotopic (exact) mass is 303 g/mol. The molecule has 1 saturated heterocycles. The molecule has 1 fully saturated rings. The summed E-state index contributed by atoms with van der Waals surface area (Å²) in [5.74, 6) is 0. The van der Waals surface area contributed by atoms with Crippen LogP contribution in [-0.2, 0) is 16.5 Å². The Morgan fingerprint density at radius 2 is 1.50 bits per heavy atom. The van der Waals surface area contributed by atoms with Crippen molar-refractivity contribution in [2.24, 2.45) is 0 Å². The highest BCUT2D eigenvalue weighted by atomic mass is 28.4. The van der Waals surface area contributed by atoms with Crippen molar-refractivity contribution in [1.82, 2.24) is 0 Å². The SMILES string of the molecule is c1ccc2c([Si]3O[Si]O[Si]O[Si]O3)cccc2c1. The predicted octanol–water partition coefficient (Wildman–Crippen LogP) is 0.218. The van der Waals surface area contributed by atoms with Gasteiger partial charge >= 0.3 is 39.3 Å². The first-order valence-electron chi connectivity index (χ1n) is 5.20. The molecule has 87 valence electrons. The second-order valence-electron chi connectivity index (χ2n) is 3.47.